The molecule has 40 heavy (non-hydrogen) atoms. The third-order valence-electron chi connectivity index (χ3n) is 8.26. The van der Waals surface area contributed by atoms with Gasteiger partial charge in [0.15, 0.2) is 0 Å². The largest absolute Gasteiger partial charge is 0.465 e. The lowest BCUT2D eigenvalue weighted by molar-refractivity contribution is -0.145. The molecule has 0 atom stereocenters. The number of hydrogen-bond donors (Lipinski definition) is 0. The predicted molar refractivity (Wildman–Crippen MR) is 157 cm³/mol. The van der Waals surface area contributed by atoms with Gasteiger partial charge in [0.05, 0.1) is 0 Å². The average Bonchev–Trinajstić information content (AvgIpc) is 3.49. The molecule has 6 rings (SSSR count). The van der Waals surface area contributed by atoms with Gasteiger partial charge in [-0.1, -0.05) is 110 Å². The summed E-state index contributed by atoms with van der Waals surface area (Å²) in [6, 6.07) is 33.5. The van der Waals surface area contributed by atoms with Crippen LogP contribution >= 0.6 is 0 Å². The van der Waals surface area contributed by atoms with Gasteiger partial charge in [-0.3, -0.25) is 9.59 Å². The standard InChI is InChI=1S/C36H34O4/c37-35(39-23-33-29-17-9-5-13-25(29)26-14-6-10-18-30(26)33)21-3-1-2-4-22-36(38)40-24-34-31-19-11-7-15-27(31)28-16-8-12-20-32(28)34/h5-20,33-34H,1-4,21-24H2. The van der Waals surface area contributed by atoms with E-state index in [1.54, 1.807) is 0 Å². The van der Waals surface area contributed by atoms with E-state index in [0.29, 0.717) is 26.1 Å². The number of rotatable bonds is 11. The van der Waals surface area contributed by atoms with Crippen LogP contribution in [0, 0.1) is 0 Å². The molecule has 0 amide bonds. The van der Waals surface area contributed by atoms with Gasteiger partial charge in [-0.15, -0.1) is 0 Å². The SMILES string of the molecule is O=C(CCCCCCC(=O)OCC1c2ccccc2-c2ccccc21)OCC1c2ccccc2-c2ccccc21. The molecular formula is C36H34O4. The number of benzene rings is 4. The minimum Gasteiger partial charge on any atom is -0.465 e. The highest BCUT2D eigenvalue weighted by molar-refractivity contribution is 5.80. The third-order valence-corrected chi connectivity index (χ3v) is 8.26. The molecule has 0 saturated carbocycles. The monoisotopic (exact) mass is 530 g/mol. The number of esters is 2. The Morgan fingerprint density at radius 2 is 0.750 bits per heavy atom. The second-order valence-corrected chi connectivity index (χ2v) is 10.7. The van der Waals surface area contributed by atoms with Crippen molar-refractivity contribution in [2.75, 3.05) is 13.2 Å². The van der Waals surface area contributed by atoms with Gasteiger partial charge in [0, 0.05) is 24.7 Å². The quantitative estimate of drug-likeness (QED) is 0.145. The van der Waals surface area contributed by atoms with E-state index >= 15 is 0 Å². The van der Waals surface area contributed by atoms with Gasteiger partial charge in [0.25, 0.3) is 0 Å². The first-order chi connectivity index (χ1) is 19.7. The van der Waals surface area contributed by atoms with E-state index in [4.69, 9.17) is 9.47 Å². The molecule has 0 saturated heterocycles. The van der Waals surface area contributed by atoms with Crippen LogP contribution in [0.25, 0.3) is 22.3 Å². The Kier molecular flexibility index (Phi) is 7.76. The molecule has 2 aliphatic carbocycles. The lowest BCUT2D eigenvalue weighted by Gasteiger charge is -2.14. The molecule has 4 heteroatoms. The maximum atomic E-state index is 12.5. The summed E-state index contributed by atoms with van der Waals surface area (Å²) in [6.45, 7) is 0.739. The van der Waals surface area contributed by atoms with E-state index < -0.39 is 0 Å². The van der Waals surface area contributed by atoms with Crippen molar-refractivity contribution in [3.05, 3.63) is 119 Å². The molecule has 4 aromatic rings. The molecule has 0 bridgehead atoms. The topological polar surface area (TPSA) is 52.6 Å². The number of ether oxygens (including phenoxy) is 2. The highest BCUT2D eigenvalue weighted by Gasteiger charge is 2.30. The van der Waals surface area contributed by atoms with Crippen molar-refractivity contribution in [1.29, 1.82) is 0 Å². The summed E-state index contributed by atoms with van der Waals surface area (Å²) in [7, 11) is 0. The van der Waals surface area contributed by atoms with Gasteiger partial charge in [-0.25, -0.2) is 0 Å². The Morgan fingerprint density at radius 3 is 1.07 bits per heavy atom. The summed E-state index contributed by atoms with van der Waals surface area (Å²) in [5.74, 6) is -0.126. The molecule has 4 aromatic carbocycles. The summed E-state index contributed by atoms with van der Waals surface area (Å²) in [6.07, 6.45) is 4.12. The first kappa shape index (κ1) is 26.1. The highest BCUT2D eigenvalue weighted by Crippen LogP contribution is 2.45. The normalized spacial score (nSPS) is 13.3. The van der Waals surface area contributed by atoms with Gasteiger partial charge < -0.3 is 9.47 Å². The Balaban J connectivity index is 0.890. The third kappa shape index (κ3) is 5.31. The summed E-state index contributed by atoms with van der Waals surface area (Å²) in [5, 5.41) is 0. The van der Waals surface area contributed by atoms with Crippen LogP contribution in [0.4, 0.5) is 0 Å². The smallest absolute Gasteiger partial charge is 0.305 e. The van der Waals surface area contributed by atoms with Gasteiger partial charge in [-0.05, 0) is 57.3 Å². The van der Waals surface area contributed by atoms with E-state index in [2.05, 4.69) is 72.8 Å². The maximum Gasteiger partial charge on any atom is 0.305 e. The number of fused-ring (bicyclic) bond motifs is 6. The van der Waals surface area contributed by atoms with Crippen LogP contribution in [-0.4, -0.2) is 25.2 Å². The van der Waals surface area contributed by atoms with E-state index in [0.717, 1.165) is 25.7 Å². The van der Waals surface area contributed by atoms with Gasteiger partial charge in [-0.2, -0.15) is 0 Å². The van der Waals surface area contributed by atoms with E-state index in [-0.39, 0.29) is 23.8 Å². The first-order valence-electron chi connectivity index (χ1n) is 14.4. The zero-order valence-corrected chi connectivity index (χ0v) is 22.7. The lowest BCUT2D eigenvalue weighted by atomic mass is 9.98. The van der Waals surface area contributed by atoms with Crippen molar-refractivity contribution >= 4 is 11.9 Å². The zero-order chi connectivity index (χ0) is 27.3. The summed E-state index contributed by atoms with van der Waals surface area (Å²) >= 11 is 0. The summed E-state index contributed by atoms with van der Waals surface area (Å²) in [5.41, 5.74) is 9.83. The number of carbonyl (C=O) groups excluding carboxylic acids is 2. The maximum absolute atomic E-state index is 12.5. The minimum atomic E-state index is -0.154. The Morgan fingerprint density at radius 1 is 0.450 bits per heavy atom. The van der Waals surface area contributed by atoms with Crippen molar-refractivity contribution in [3.63, 3.8) is 0 Å². The molecule has 0 radical (unpaired) electrons. The number of unbranched alkanes of at least 4 members (excludes halogenated alkanes) is 3. The molecule has 0 unspecified atom stereocenters. The van der Waals surface area contributed by atoms with Gasteiger partial charge in [0.2, 0.25) is 0 Å². The molecule has 2 aliphatic rings. The molecule has 4 nitrogen and oxygen atoms in total. The molecule has 0 fully saturated rings. The van der Waals surface area contributed by atoms with Crippen molar-refractivity contribution < 1.29 is 19.1 Å². The number of carbonyl (C=O) groups is 2. The van der Waals surface area contributed by atoms with Gasteiger partial charge >= 0.3 is 11.9 Å². The second kappa shape index (κ2) is 11.9. The molecule has 0 spiro atoms. The van der Waals surface area contributed by atoms with Crippen molar-refractivity contribution in [2.24, 2.45) is 0 Å². The molecule has 0 heterocycles. The van der Waals surface area contributed by atoms with Gasteiger partial charge in [0.1, 0.15) is 13.2 Å². The fraction of sp³-hybridized carbons (Fsp3) is 0.278. The van der Waals surface area contributed by atoms with Crippen LogP contribution in [0.3, 0.4) is 0 Å². The summed E-state index contributed by atoms with van der Waals surface area (Å²) < 4.78 is 11.4. The van der Waals surface area contributed by atoms with Crippen LogP contribution in [0.5, 0.6) is 0 Å². The Hall–Kier alpha value is -4.18. The van der Waals surface area contributed by atoms with Crippen molar-refractivity contribution in [3.8, 4) is 22.3 Å². The molecular weight excluding hydrogens is 496 g/mol. The fourth-order valence-corrected chi connectivity index (χ4v) is 6.27. The van der Waals surface area contributed by atoms with Crippen LogP contribution in [0.15, 0.2) is 97.1 Å². The fourth-order valence-electron chi connectivity index (χ4n) is 6.27. The van der Waals surface area contributed by atoms with Crippen LogP contribution in [0.2, 0.25) is 0 Å². The average molecular weight is 531 g/mol. The molecule has 0 aliphatic heterocycles. The molecule has 202 valence electrons. The van der Waals surface area contributed by atoms with E-state index in [1.165, 1.54) is 44.5 Å². The number of hydrogen-bond acceptors (Lipinski definition) is 4. The Labute approximate surface area is 236 Å². The molecule has 0 N–H and O–H groups in total. The van der Waals surface area contributed by atoms with Crippen LogP contribution in [0.1, 0.15) is 72.6 Å². The molecule has 0 aromatic heterocycles. The van der Waals surface area contributed by atoms with Crippen molar-refractivity contribution in [1.82, 2.24) is 0 Å². The van der Waals surface area contributed by atoms with Crippen molar-refractivity contribution in [2.45, 2.75) is 50.4 Å². The highest BCUT2D eigenvalue weighted by atomic mass is 16.5. The van der Waals surface area contributed by atoms with E-state index in [1.807, 2.05) is 24.3 Å². The minimum absolute atomic E-state index is 0.0913. The lowest BCUT2D eigenvalue weighted by Crippen LogP contribution is -2.12. The Bertz CT molecular complexity index is 1310. The zero-order valence-electron chi connectivity index (χ0n) is 22.7. The first-order valence-corrected chi connectivity index (χ1v) is 14.4. The van der Waals surface area contributed by atoms with E-state index in [9.17, 15) is 9.59 Å². The predicted octanol–water partition coefficient (Wildman–Crippen LogP) is 8.04. The van der Waals surface area contributed by atoms with Crippen LogP contribution in [-0.2, 0) is 19.1 Å². The summed E-state index contributed by atoms with van der Waals surface area (Å²) in [4.78, 5) is 24.9. The van der Waals surface area contributed by atoms with Crippen LogP contribution < -0.4 is 0 Å². The second-order valence-electron chi connectivity index (χ2n) is 10.7.